The van der Waals surface area contributed by atoms with Crippen LogP contribution in [0.5, 0.6) is 0 Å². The standard InChI is InChI=1S/C67H46N2O/c1-3-21-51(59(4-2)68-60-32-17-14-29-53(60)54-30-15-18-33-61(54)68)52-28-13-19-34-62(52)69-63-40-36-46(49-27-12-11-26-48(49)44-22-7-5-8-23-44)42-57(63)58-43-47(37-41-64(58)69)66-50(45-24-9-6-10-25-45)38-39-56-55-31-16-20-35-65(55)70-67(56)66/h3-43H,1H2,2H3/b51-21-,59-4+. The van der Waals surface area contributed by atoms with Gasteiger partial charge in [0.2, 0.25) is 0 Å². The molecule has 0 bridgehead atoms. The van der Waals surface area contributed by atoms with Crippen molar-refractivity contribution in [2.75, 3.05) is 0 Å². The molecule has 0 saturated carbocycles. The Hall–Kier alpha value is -9.18. The fourth-order valence-corrected chi connectivity index (χ4v) is 11.1. The summed E-state index contributed by atoms with van der Waals surface area (Å²) in [5, 5.41) is 6.97. The molecule has 0 saturated heterocycles. The molecule has 0 spiro atoms. The minimum Gasteiger partial charge on any atom is -0.455 e. The molecule has 70 heavy (non-hydrogen) atoms. The van der Waals surface area contributed by atoms with Crippen molar-refractivity contribution in [2.45, 2.75) is 6.92 Å². The van der Waals surface area contributed by atoms with Crippen molar-refractivity contribution in [2.24, 2.45) is 0 Å². The largest absolute Gasteiger partial charge is 0.455 e. The highest BCUT2D eigenvalue weighted by Crippen LogP contribution is 2.46. The number of aromatic nitrogens is 2. The lowest BCUT2D eigenvalue weighted by Gasteiger charge is -2.20. The zero-order valence-corrected chi connectivity index (χ0v) is 38.7. The summed E-state index contributed by atoms with van der Waals surface area (Å²) in [4.78, 5) is 0. The first kappa shape index (κ1) is 41.0. The Morgan fingerprint density at radius 2 is 0.971 bits per heavy atom. The van der Waals surface area contributed by atoms with Crippen LogP contribution in [0.15, 0.2) is 260 Å². The van der Waals surface area contributed by atoms with E-state index < -0.39 is 0 Å². The molecule has 13 aromatic rings. The van der Waals surface area contributed by atoms with Gasteiger partial charge in [-0.15, -0.1) is 0 Å². The zero-order chi connectivity index (χ0) is 46.7. The van der Waals surface area contributed by atoms with Gasteiger partial charge in [-0.2, -0.15) is 0 Å². The van der Waals surface area contributed by atoms with Crippen LogP contribution in [0, 0.1) is 0 Å². The summed E-state index contributed by atoms with van der Waals surface area (Å²) >= 11 is 0. The van der Waals surface area contributed by atoms with E-state index in [1.807, 2.05) is 12.1 Å². The Morgan fingerprint density at radius 1 is 0.429 bits per heavy atom. The lowest BCUT2D eigenvalue weighted by atomic mass is 9.91. The number of rotatable bonds is 9. The number of allylic oxidation sites excluding steroid dienone is 5. The number of hydrogen-bond donors (Lipinski definition) is 0. The van der Waals surface area contributed by atoms with Gasteiger partial charge in [0, 0.05) is 54.7 Å². The molecular weight excluding hydrogens is 849 g/mol. The van der Waals surface area contributed by atoms with Crippen LogP contribution in [0.3, 0.4) is 0 Å². The van der Waals surface area contributed by atoms with Crippen molar-refractivity contribution in [3.05, 3.63) is 261 Å². The number of fused-ring (bicyclic) bond motifs is 9. The van der Waals surface area contributed by atoms with Gasteiger partial charge in [0.1, 0.15) is 11.2 Å². The number of nitrogens with zero attached hydrogens (tertiary/aromatic N) is 2. The maximum atomic E-state index is 6.86. The molecule has 3 heterocycles. The average Bonchev–Trinajstić information content (AvgIpc) is 4.08. The normalized spacial score (nSPS) is 12.3. The van der Waals surface area contributed by atoms with Crippen molar-refractivity contribution in [3.63, 3.8) is 0 Å². The van der Waals surface area contributed by atoms with E-state index in [1.165, 1.54) is 27.5 Å². The second-order valence-electron chi connectivity index (χ2n) is 17.9. The van der Waals surface area contributed by atoms with E-state index in [4.69, 9.17) is 4.42 Å². The maximum Gasteiger partial charge on any atom is 0.143 e. The van der Waals surface area contributed by atoms with Crippen LogP contribution in [-0.2, 0) is 0 Å². The van der Waals surface area contributed by atoms with E-state index in [0.717, 1.165) is 105 Å². The highest BCUT2D eigenvalue weighted by Gasteiger charge is 2.24. The predicted molar refractivity (Wildman–Crippen MR) is 297 cm³/mol. The molecule has 3 heteroatoms. The quantitative estimate of drug-likeness (QED) is 0.132. The summed E-state index contributed by atoms with van der Waals surface area (Å²) < 4.78 is 11.7. The van der Waals surface area contributed by atoms with E-state index >= 15 is 0 Å². The Balaban J connectivity index is 1.09. The van der Waals surface area contributed by atoms with E-state index in [9.17, 15) is 0 Å². The molecule has 0 fully saturated rings. The second kappa shape index (κ2) is 16.9. The van der Waals surface area contributed by atoms with E-state index in [0.29, 0.717) is 0 Å². The Morgan fingerprint density at radius 3 is 1.64 bits per heavy atom. The minimum absolute atomic E-state index is 0.879. The molecule has 0 amide bonds. The van der Waals surface area contributed by atoms with Crippen LogP contribution in [0.25, 0.3) is 127 Å². The summed E-state index contributed by atoms with van der Waals surface area (Å²) in [5.74, 6) is 0. The van der Waals surface area contributed by atoms with Crippen LogP contribution in [-0.4, -0.2) is 9.13 Å². The van der Waals surface area contributed by atoms with Gasteiger partial charge >= 0.3 is 0 Å². The van der Waals surface area contributed by atoms with Gasteiger partial charge in [-0.05, 0) is 100 Å². The molecule has 3 nitrogen and oxygen atoms in total. The maximum absolute atomic E-state index is 6.86. The number of benzene rings is 10. The van der Waals surface area contributed by atoms with Gasteiger partial charge in [0.25, 0.3) is 0 Å². The van der Waals surface area contributed by atoms with Crippen LogP contribution in [0.2, 0.25) is 0 Å². The number of hydrogen-bond acceptors (Lipinski definition) is 1. The summed E-state index contributed by atoms with van der Waals surface area (Å²) in [6.45, 7) is 6.42. The summed E-state index contributed by atoms with van der Waals surface area (Å²) in [6, 6.07) is 83.3. The molecule has 3 aromatic heterocycles. The smallest absolute Gasteiger partial charge is 0.143 e. The van der Waals surface area contributed by atoms with E-state index in [-0.39, 0.29) is 0 Å². The fourth-order valence-electron chi connectivity index (χ4n) is 11.1. The summed E-state index contributed by atoms with van der Waals surface area (Å²) in [7, 11) is 0. The van der Waals surface area contributed by atoms with Crippen LogP contribution in [0.4, 0.5) is 0 Å². The number of para-hydroxylation sites is 4. The van der Waals surface area contributed by atoms with Crippen LogP contribution >= 0.6 is 0 Å². The van der Waals surface area contributed by atoms with Crippen LogP contribution in [0.1, 0.15) is 12.5 Å². The molecule has 13 rings (SSSR count). The monoisotopic (exact) mass is 894 g/mol. The molecule has 10 aromatic carbocycles. The number of furan rings is 1. The third-order valence-electron chi connectivity index (χ3n) is 14.1. The minimum atomic E-state index is 0.879. The van der Waals surface area contributed by atoms with Gasteiger partial charge in [-0.25, -0.2) is 0 Å². The molecule has 0 unspecified atom stereocenters. The van der Waals surface area contributed by atoms with Crippen molar-refractivity contribution in [1.82, 2.24) is 9.13 Å². The van der Waals surface area contributed by atoms with E-state index in [2.05, 4.69) is 259 Å². The molecule has 330 valence electrons. The van der Waals surface area contributed by atoms with Gasteiger partial charge < -0.3 is 13.6 Å². The predicted octanol–water partition coefficient (Wildman–Crippen LogP) is 18.6. The molecule has 0 aliphatic heterocycles. The molecule has 0 N–H and O–H groups in total. The fraction of sp³-hybridized carbons (Fsp3) is 0.0149. The Bertz CT molecular complexity index is 4200. The third-order valence-corrected chi connectivity index (χ3v) is 14.1. The SMILES string of the molecule is C=C/C=C(\C(=C/C)n1c2ccccc2c2ccccc21)c1ccccc1-n1c2ccc(-c3ccccc3-c3ccccc3)cc2c2cc(-c3c(-c4ccccc4)ccc4c3oc3ccccc34)ccc21. The third kappa shape index (κ3) is 6.51. The van der Waals surface area contributed by atoms with Gasteiger partial charge in [0.05, 0.1) is 27.8 Å². The first-order valence-electron chi connectivity index (χ1n) is 24.0. The average molecular weight is 895 g/mol. The van der Waals surface area contributed by atoms with E-state index in [1.54, 1.807) is 0 Å². The van der Waals surface area contributed by atoms with Crippen molar-refractivity contribution in [1.29, 1.82) is 0 Å². The summed E-state index contributed by atoms with van der Waals surface area (Å²) in [6.07, 6.45) is 6.32. The highest BCUT2D eigenvalue weighted by molar-refractivity contribution is 6.18. The molecule has 0 radical (unpaired) electrons. The molecule has 0 atom stereocenters. The van der Waals surface area contributed by atoms with Crippen LogP contribution < -0.4 is 0 Å². The molecular formula is C67H46N2O. The first-order chi connectivity index (χ1) is 34.7. The second-order valence-corrected chi connectivity index (χ2v) is 17.9. The first-order valence-corrected chi connectivity index (χ1v) is 24.0. The summed E-state index contributed by atoms with van der Waals surface area (Å²) in [5.41, 5.74) is 19.8. The topological polar surface area (TPSA) is 23.0 Å². The van der Waals surface area contributed by atoms with Crippen molar-refractivity contribution in [3.8, 4) is 50.2 Å². The Labute approximate surface area is 406 Å². The lowest BCUT2D eigenvalue weighted by molar-refractivity contribution is 0.670. The molecule has 0 aliphatic carbocycles. The van der Waals surface area contributed by atoms with Crippen molar-refractivity contribution < 1.29 is 4.42 Å². The van der Waals surface area contributed by atoms with Gasteiger partial charge in [0.15, 0.2) is 0 Å². The van der Waals surface area contributed by atoms with Gasteiger partial charge in [-0.1, -0.05) is 201 Å². The van der Waals surface area contributed by atoms with Gasteiger partial charge in [-0.3, -0.25) is 0 Å². The molecule has 0 aliphatic rings. The Kier molecular flexibility index (Phi) is 9.88. The van der Waals surface area contributed by atoms with Crippen molar-refractivity contribution >= 4 is 76.8 Å². The highest BCUT2D eigenvalue weighted by atomic mass is 16.3. The zero-order valence-electron chi connectivity index (χ0n) is 38.7. The lowest BCUT2D eigenvalue weighted by Crippen LogP contribution is -2.04.